The number of nitrogens with zero attached hydrogens (tertiary/aromatic N) is 5. The molecule has 9 nitrogen and oxygen atoms in total. The van der Waals surface area contributed by atoms with Gasteiger partial charge in [-0.05, 0) is 69.4 Å². The Hall–Kier alpha value is -3.87. The number of methoxy groups -OCH3 is 1. The van der Waals surface area contributed by atoms with Gasteiger partial charge >= 0.3 is 0 Å². The van der Waals surface area contributed by atoms with Gasteiger partial charge in [0.15, 0.2) is 0 Å². The van der Waals surface area contributed by atoms with Gasteiger partial charge in [0.25, 0.3) is 0 Å². The van der Waals surface area contributed by atoms with Crippen LogP contribution in [0, 0.1) is 11.3 Å². The molecule has 0 spiro atoms. The van der Waals surface area contributed by atoms with Crippen LogP contribution in [-0.2, 0) is 4.74 Å². The number of rotatable bonds is 8. The third kappa shape index (κ3) is 5.92. The standard InChI is InChI=1S/C30H35N5O4/c1-29(2,36)20-39-24-14-25(28-23(16-31)18-33-35(28)19-24)22-8-9-27(32-17-22)34-12-10-30(37,11-13-34)15-21-6-4-5-7-26(21)38-3/h6-9,14,17-19,36-37H,4-5,10-13,15,20H2,1-3H3. The van der Waals surface area contributed by atoms with Crippen LogP contribution in [0.2, 0.25) is 0 Å². The van der Waals surface area contributed by atoms with E-state index >= 15 is 0 Å². The lowest BCUT2D eigenvalue weighted by Crippen LogP contribution is -2.45. The molecule has 1 fully saturated rings. The second kappa shape index (κ2) is 10.7. The Balaban J connectivity index is 1.33. The lowest BCUT2D eigenvalue weighted by Gasteiger charge is -2.39. The van der Waals surface area contributed by atoms with E-state index in [0.29, 0.717) is 49.2 Å². The summed E-state index contributed by atoms with van der Waals surface area (Å²) in [6.07, 6.45) is 13.2. The molecule has 0 unspecified atom stereocenters. The van der Waals surface area contributed by atoms with Gasteiger partial charge in [-0.2, -0.15) is 10.4 Å². The van der Waals surface area contributed by atoms with Gasteiger partial charge in [-0.25, -0.2) is 9.50 Å². The molecule has 0 aromatic carbocycles. The summed E-state index contributed by atoms with van der Waals surface area (Å²) in [5, 5.41) is 35.4. The van der Waals surface area contributed by atoms with Crippen molar-refractivity contribution in [3.05, 3.63) is 65.8 Å². The number of fused-ring (bicyclic) bond motifs is 1. The summed E-state index contributed by atoms with van der Waals surface area (Å²) < 4.78 is 13.0. The van der Waals surface area contributed by atoms with Crippen molar-refractivity contribution < 1.29 is 19.7 Å². The molecule has 3 aromatic rings. The van der Waals surface area contributed by atoms with E-state index in [-0.39, 0.29) is 6.61 Å². The zero-order valence-corrected chi connectivity index (χ0v) is 22.7. The molecule has 0 radical (unpaired) electrons. The fourth-order valence-corrected chi connectivity index (χ4v) is 5.23. The summed E-state index contributed by atoms with van der Waals surface area (Å²) in [7, 11) is 1.69. The Morgan fingerprint density at radius 2 is 1.92 bits per heavy atom. The summed E-state index contributed by atoms with van der Waals surface area (Å²) in [5.41, 5.74) is 2.07. The van der Waals surface area contributed by atoms with Gasteiger partial charge in [0.2, 0.25) is 0 Å². The predicted octanol–water partition coefficient (Wildman–Crippen LogP) is 4.39. The first kappa shape index (κ1) is 26.7. The van der Waals surface area contributed by atoms with Crippen molar-refractivity contribution in [1.29, 1.82) is 5.26 Å². The number of allylic oxidation sites excluding steroid dienone is 3. The van der Waals surface area contributed by atoms with E-state index in [2.05, 4.69) is 28.2 Å². The van der Waals surface area contributed by atoms with Crippen molar-refractivity contribution in [3.63, 3.8) is 0 Å². The fourth-order valence-electron chi connectivity index (χ4n) is 5.23. The van der Waals surface area contributed by atoms with Crippen molar-refractivity contribution in [3.8, 4) is 22.9 Å². The molecule has 1 saturated heterocycles. The highest BCUT2D eigenvalue weighted by atomic mass is 16.5. The number of aliphatic hydroxyl groups is 2. The minimum absolute atomic E-state index is 0.114. The Morgan fingerprint density at radius 3 is 2.59 bits per heavy atom. The molecule has 2 N–H and O–H groups in total. The number of pyridine rings is 2. The summed E-state index contributed by atoms with van der Waals surface area (Å²) >= 11 is 0. The van der Waals surface area contributed by atoms with Gasteiger partial charge in [-0.15, -0.1) is 0 Å². The van der Waals surface area contributed by atoms with Gasteiger partial charge in [-0.3, -0.25) is 0 Å². The van der Waals surface area contributed by atoms with Crippen LogP contribution in [0.15, 0.2) is 60.3 Å². The van der Waals surface area contributed by atoms with E-state index in [0.717, 1.165) is 41.1 Å². The maximum absolute atomic E-state index is 11.3. The highest BCUT2D eigenvalue weighted by molar-refractivity contribution is 5.85. The molecular formula is C30H35N5O4. The molecule has 39 heavy (non-hydrogen) atoms. The van der Waals surface area contributed by atoms with Crippen LogP contribution in [0.25, 0.3) is 16.6 Å². The van der Waals surface area contributed by atoms with Crippen LogP contribution in [0.4, 0.5) is 5.82 Å². The number of ether oxygens (including phenoxy) is 2. The van der Waals surface area contributed by atoms with E-state index in [1.165, 1.54) is 6.20 Å². The second-order valence-corrected chi connectivity index (χ2v) is 11.0. The van der Waals surface area contributed by atoms with E-state index in [9.17, 15) is 15.5 Å². The van der Waals surface area contributed by atoms with Crippen molar-refractivity contribution in [2.45, 2.75) is 57.2 Å². The second-order valence-electron chi connectivity index (χ2n) is 11.0. The molecular weight excluding hydrogens is 494 g/mol. The third-order valence-electron chi connectivity index (χ3n) is 7.32. The average Bonchev–Trinajstić information content (AvgIpc) is 3.35. The Kier molecular flexibility index (Phi) is 7.34. The van der Waals surface area contributed by atoms with Crippen LogP contribution in [0.3, 0.4) is 0 Å². The van der Waals surface area contributed by atoms with Crippen LogP contribution in [0.1, 0.15) is 51.5 Å². The van der Waals surface area contributed by atoms with Gasteiger partial charge < -0.3 is 24.6 Å². The highest BCUT2D eigenvalue weighted by Crippen LogP contribution is 2.36. The molecule has 1 aliphatic carbocycles. The lowest BCUT2D eigenvalue weighted by atomic mass is 9.83. The molecule has 3 aromatic heterocycles. The van der Waals surface area contributed by atoms with E-state index in [4.69, 9.17) is 14.5 Å². The number of nitriles is 1. The Labute approximate surface area is 228 Å². The fraction of sp³-hybridized carbons (Fsp3) is 0.433. The Morgan fingerprint density at radius 1 is 1.15 bits per heavy atom. The van der Waals surface area contributed by atoms with Crippen LogP contribution in [0.5, 0.6) is 5.75 Å². The molecule has 0 atom stereocenters. The molecule has 0 saturated carbocycles. The lowest BCUT2D eigenvalue weighted by molar-refractivity contribution is 0.0154. The SMILES string of the molecule is COC1=CCCC=C1CC1(O)CCN(c2ccc(-c3cc(OCC(C)(C)O)cn4ncc(C#N)c34)cn2)CC1. The molecule has 0 amide bonds. The van der Waals surface area contributed by atoms with Gasteiger partial charge in [0.1, 0.15) is 30.0 Å². The van der Waals surface area contributed by atoms with Gasteiger partial charge in [0.05, 0.1) is 41.8 Å². The Bertz CT molecular complexity index is 1430. The van der Waals surface area contributed by atoms with E-state index in [1.807, 2.05) is 18.2 Å². The minimum atomic E-state index is -0.989. The first-order valence-electron chi connectivity index (χ1n) is 13.3. The minimum Gasteiger partial charge on any atom is -0.497 e. The number of anilines is 1. The summed E-state index contributed by atoms with van der Waals surface area (Å²) in [4.78, 5) is 6.93. The largest absolute Gasteiger partial charge is 0.497 e. The smallest absolute Gasteiger partial charge is 0.138 e. The van der Waals surface area contributed by atoms with Crippen molar-refractivity contribution in [1.82, 2.24) is 14.6 Å². The molecule has 2 aliphatic rings. The highest BCUT2D eigenvalue weighted by Gasteiger charge is 2.34. The molecule has 1 aliphatic heterocycles. The maximum Gasteiger partial charge on any atom is 0.138 e. The number of aromatic nitrogens is 3. The summed E-state index contributed by atoms with van der Waals surface area (Å²) in [6.45, 7) is 4.88. The van der Waals surface area contributed by atoms with Gasteiger partial charge in [0, 0.05) is 36.8 Å². The van der Waals surface area contributed by atoms with Crippen molar-refractivity contribution in [2.75, 3.05) is 31.7 Å². The normalized spacial score (nSPS) is 17.4. The first-order chi connectivity index (χ1) is 18.7. The number of hydrogen-bond acceptors (Lipinski definition) is 8. The quantitative estimate of drug-likeness (QED) is 0.441. The molecule has 9 heteroatoms. The molecule has 5 rings (SSSR count). The van der Waals surface area contributed by atoms with Crippen LogP contribution >= 0.6 is 0 Å². The van der Waals surface area contributed by atoms with Crippen LogP contribution in [-0.4, -0.2) is 62.8 Å². The summed E-state index contributed by atoms with van der Waals surface area (Å²) in [6, 6.07) is 8.01. The molecule has 204 valence electrons. The summed E-state index contributed by atoms with van der Waals surface area (Å²) in [5.74, 6) is 2.26. The topological polar surface area (TPSA) is 116 Å². The molecule has 4 heterocycles. The zero-order chi connectivity index (χ0) is 27.6. The van der Waals surface area contributed by atoms with Crippen molar-refractivity contribution in [2.24, 2.45) is 0 Å². The average molecular weight is 530 g/mol. The number of hydrogen-bond donors (Lipinski definition) is 2. The maximum atomic E-state index is 11.3. The predicted molar refractivity (Wildman–Crippen MR) is 148 cm³/mol. The van der Waals surface area contributed by atoms with E-state index < -0.39 is 11.2 Å². The molecule has 0 bridgehead atoms. The number of piperidine rings is 1. The van der Waals surface area contributed by atoms with Crippen LogP contribution < -0.4 is 9.64 Å². The first-order valence-corrected chi connectivity index (χ1v) is 13.3. The zero-order valence-electron chi connectivity index (χ0n) is 22.7. The van der Waals surface area contributed by atoms with E-state index in [1.54, 1.807) is 37.9 Å². The van der Waals surface area contributed by atoms with Crippen molar-refractivity contribution >= 4 is 11.3 Å². The third-order valence-corrected chi connectivity index (χ3v) is 7.32. The monoisotopic (exact) mass is 529 g/mol. The van der Waals surface area contributed by atoms with Gasteiger partial charge in [-0.1, -0.05) is 6.08 Å².